The van der Waals surface area contributed by atoms with Crippen molar-refractivity contribution >= 4 is 34.7 Å². The van der Waals surface area contributed by atoms with Crippen LogP contribution in [0.1, 0.15) is 23.1 Å². The summed E-state index contributed by atoms with van der Waals surface area (Å²) < 4.78 is 11.1. The molecule has 0 saturated carbocycles. The van der Waals surface area contributed by atoms with Crippen molar-refractivity contribution in [2.24, 2.45) is 0 Å². The number of amides is 1. The van der Waals surface area contributed by atoms with Crippen molar-refractivity contribution in [1.29, 1.82) is 0 Å². The summed E-state index contributed by atoms with van der Waals surface area (Å²) in [5, 5.41) is 11.5. The SMILES string of the molecule is COc1ccc(Cl)cc1/C(O)=C1\C(=O)C(=O)N(c2ccccc2)C1c1ccc(C)o1. The van der Waals surface area contributed by atoms with Crippen molar-refractivity contribution in [1.82, 2.24) is 0 Å². The number of ketones is 1. The fraction of sp³-hybridized carbons (Fsp3) is 0.130. The molecule has 7 heteroatoms. The molecule has 1 aliphatic heterocycles. The molecule has 1 unspecified atom stereocenters. The number of Topliss-reactive ketones (excluding diaryl/α,β-unsaturated/α-hetero) is 1. The van der Waals surface area contributed by atoms with Gasteiger partial charge in [-0.25, -0.2) is 0 Å². The number of furan rings is 1. The summed E-state index contributed by atoms with van der Waals surface area (Å²) in [5.74, 6) is -0.676. The molecule has 6 nitrogen and oxygen atoms in total. The molecule has 2 heterocycles. The molecular formula is C23H18ClNO5. The van der Waals surface area contributed by atoms with E-state index >= 15 is 0 Å². The zero-order chi connectivity index (χ0) is 21.4. The van der Waals surface area contributed by atoms with Gasteiger partial charge in [0.1, 0.15) is 29.1 Å². The van der Waals surface area contributed by atoms with Crippen molar-refractivity contribution in [3.8, 4) is 5.75 Å². The molecule has 1 N–H and O–H groups in total. The van der Waals surface area contributed by atoms with Crippen LogP contribution >= 0.6 is 11.6 Å². The van der Waals surface area contributed by atoms with Gasteiger partial charge in [0.15, 0.2) is 0 Å². The number of para-hydroxylation sites is 1. The second-order valence-electron chi connectivity index (χ2n) is 6.80. The van der Waals surface area contributed by atoms with E-state index in [9.17, 15) is 14.7 Å². The van der Waals surface area contributed by atoms with Gasteiger partial charge in [0.2, 0.25) is 0 Å². The molecule has 30 heavy (non-hydrogen) atoms. The molecule has 152 valence electrons. The molecule has 0 spiro atoms. The number of methoxy groups -OCH3 is 1. The lowest BCUT2D eigenvalue weighted by Gasteiger charge is -2.23. The first-order valence-corrected chi connectivity index (χ1v) is 9.56. The average molecular weight is 424 g/mol. The molecule has 3 aromatic rings. The van der Waals surface area contributed by atoms with E-state index in [0.717, 1.165) is 0 Å². The summed E-state index contributed by atoms with van der Waals surface area (Å²) in [6.45, 7) is 1.76. The van der Waals surface area contributed by atoms with E-state index in [2.05, 4.69) is 0 Å². The van der Waals surface area contributed by atoms with Crippen LogP contribution in [0.3, 0.4) is 0 Å². The highest BCUT2D eigenvalue weighted by molar-refractivity contribution is 6.51. The first-order valence-electron chi connectivity index (χ1n) is 9.18. The van der Waals surface area contributed by atoms with Crippen molar-refractivity contribution in [3.05, 3.63) is 88.3 Å². The smallest absolute Gasteiger partial charge is 0.300 e. The average Bonchev–Trinajstić information content (AvgIpc) is 3.29. The number of rotatable bonds is 4. The van der Waals surface area contributed by atoms with Crippen LogP contribution < -0.4 is 9.64 Å². The zero-order valence-electron chi connectivity index (χ0n) is 16.3. The van der Waals surface area contributed by atoms with Crippen LogP contribution in [0.2, 0.25) is 5.02 Å². The van der Waals surface area contributed by atoms with Crippen LogP contribution in [0.5, 0.6) is 5.75 Å². The highest BCUT2D eigenvalue weighted by atomic mass is 35.5. The summed E-state index contributed by atoms with van der Waals surface area (Å²) in [4.78, 5) is 27.4. The van der Waals surface area contributed by atoms with Gasteiger partial charge in [-0.15, -0.1) is 0 Å². The fourth-order valence-electron chi connectivity index (χ4n) is 3.57. The van der Waals surface area contributed by atoms with E-state index < -0.39 is 17.7 Å². The number of hydrogen-bond acceptors (Lipinski definition) is 5. The molecule has 2 aromatic carbocycles. The number of benzene rings is 2. The van der Waals surface area contributed by atoms with Gasteiger partial charge in [-0.2, -0.15) is 0 Å². The zero-order valence-corrected chi connectivity index (χ0v) is 17.0. The Morgan fingerprint density at radius 2 is 1.83 bits per heavy atom. The van der Waals surface area contributed by atoms with E-state index in [1.165, 1.54) is 18.1 Å². The van der Waals surface area contributed by atoms with E-state index in [1.54, 1.807) is 55.5 Å². The van der Waals surface area contributed by atoms with Crippen molar-refractivity contribution in [2.75, 3.05) is 12.0 Å². The van der Waals surface area contributed by atoms with Gasteiger partial charge in [-0.3, -0.25) is 14.5 Å². The monoisotopic (exact) mass is 423 g/mol. The third-order valence-electron chi connectivity index (χ3n) is 4.93. The third kappa shape index (κ3) is 3.25. The number of aliphatic hydroxyl groups is 1. The van der Waals surface area contributed by atoms with Crippen LogP contribution in [0.25, 0.3) is 5.76 Å². The summed E-state index contributed by atoms with van der Waals surface area (Å²) in [6, 6.07) is 15.9. The fourth-order valence-corrected chi connectivity index (χ4v) is 3.74. The first-order chi connectivity index (χ1) is 14.4. The van der Waals surface area contributed by atoms with Crippen molar-refractivity contribution in [2.45, 2.75) is 13.0 Å². The number of ether oxygens (including phenoxy) is 1. The highest BCUT2D eigenvalue weighted by Gasteiger charge is 2.48. The third-order valence-corrected chi connectivity index (χ3v) is 5.16. The Kier molecular flexibility index (Phi) is 5.10. The Labute approximate surface area is 177 Å². The largest absolute Gasteiger partial charge is 0.507 e. The number of hydrogen-bond donors (Lipinski definition) is 1. The van der Waals surface area contributed by atoms with Crippen molar-refractivity contribution < 1.29 is 23.8 Å². The summed E-state index contributed by atoms with van der Waals surface area (Å²) in [7, 11) is 1.44. The molecular weight excluding hydrogens is 406 g/mol. The van der Waals surface area contributed by atoms with Gasteiger partial charge in [0, 0.05) is 10.7 Å². The maximum Gasteiger partial charge on any atom is 0.300 e. The number of nitrogens with zero attached hydrogens (tertiary/aromatic N) is 1. The molecule has 1 amide bonds. The van der Waals surface area contributed by atoms with Crippen LogP contribution in [0, 0.1) is 6.92 Å². The molecule has 1 aliphatic rings. The van der Waals surface area contributed by atoms with Crippen molar-refractivity contribution in [3.63, 3.8) is 0 Å². The normalized spacial score (nSPS) is 18.1. The lowest BCUT2D eigenvalue weighted by atomic mass is 9.98. The van der Waals surface area contributed by atoms with E-state index in [-0.39, 0.29) is 16.9 Å². The summed E-state index contributed by atoms with van der Waals surface area (Å²) in [6.07, 6.45) is 0. The Morgan fingerprint density at radius 1 is 1.10 bits per heavy atom. The Balaban J connectivity index is 1.98. The molecule has 0 bridgehead atoms. The number of halogens is 1. The lowest BCUT2D eigenvalue weighted by molar-refractivity contribution is -0.132. The number of anilines is 1. The molecule has 1 saturated heterocycles. The minimum absolute atomic E-state index is 0.0984. The van der Waals surface area contributed by atoms with Gasteiger partial charge >= 0.3 is 0 Å². The van der Waals surface area contributed by atoms with E-state index in [1.807, 2.05) is 6.07 Å². The predicted molar refractivity (Wildman–Crippen MR) is 113 cm³/mol. The van der Waals surface area contributed by atoms with Gasteiger partial charge in [-0.1, -0.05) is 29.8 Å². The van der Waals surface area contributed by atoms with Gasteiger partial charge in [-0.05, 0) is 49.4 Å². The minimum atomic E-state index is -0.940. The topological polar surface area (TPSA) is 80.0 Å². The molecule has 0 radical (unpaired) electrons. The minimum Gasteiger partial charge on any atom is -0.507 e. The first kappa shape index (κ1) is 19.8. The number of aliphatic hydroxyl groups excluding tert-OH is 1. The standard InChI is InChI=1S/C23H18ClNO5/c1-13-8-10-18(30-13)20-19(21(26)16-12-14(24)9-11-17(16)29-2)22(27)23(28)25(20)15-6-4-3-5-7-15/h3-12,20,26H,1-2H3/b21-19+. The van der Waals surface area contributed by atoms with Gasteiger partial charge in [0.05, 0.1) is 18.2 Å². The Bertz CT molecular complexity index is 1170. The second kappa shape index (κ2) is 7.72. The maximum atomic E-state index is 13.1. The van der Waals surface area contributed by atoms with E-state index in [4.69, 9.17) is 20.8 Å². The number of carbonyl (C=O) groups excluding carboxylic acids is 2. The quantitative estimate of drug-likeness (QED) is 0.367. The summed E-state index contributed by atoms with van der Waals surface area (Å²) >= 11 is 6.10. The lowest BCUT2D eigenvalue weighted by Crippen LogP contribution is -2.29. The Morgan fingerprint density at radius 3 is 2.47 bits per heavy atom. The van der Waals surface area contributed by atoms with Crippen LogP contribution in [-0.4, -0.2) is 23.9 Å². The molecule has 1 atom stereocenters. The van der Waals surface area contributed by atoms with Crippen LogP contribution in [-0.2, 0) is 9.59 Å². The molecule has 4 rings (SSSR count). The molecule has 1 fully saturated rings. The van der Waals surface area contributed by atoms with E-state index in [0.29, 0.717) is 28.0 Å². The second-order valence-corrected chi connectivity index (χ2v) is 7.23. The van der Waals surface area contributed by atoms with Crippen LogP contribution in [0.15, 0.2) is 70.7 Å². The Hall–Kier alpha value is -3.51. The predicted octanol–water partition coefficient (Wildman–Crippen LogP) is 4.88. The van der Waals surface area contributed by atoms with Gasteiger partial charge < -0.3 is 14.3 Å². The number of carbonyl (C=O) groups is 2. The highest BCUT2D eigenvalue weighted by Crippen LogP contribution is 2.43. The maximum absolute atomic E-state index is 13.1. The molecule has 1 aromatic heterocycles. The molecule has 0 aliphatic carbocycles. The summed E-state index contributed by atoms with van der Waals surface area (Å²) in [5.41, 5.74) is 0.624. The van der Waals surface area contributed by atoms with Crippen LogP contribution in [0.4, 0.5) is 5.69 Å². The number of aryl methyl sites for hydroxylation is 1. The van der Waals surface area contributed by atoms with Gasteiger partial charge in [0.25, 0.3) is 11.7 Å².